The molecule has 4 aromatic carbocycles. The summed E-state index contributed by atoms with van der Waals surface area (Å²) in [5, 5.41) is 4.30. The van der Waals surface area contributed by atoms with Crippen LogP contribution in [-0.2, 0) is 63.8 Å². The lowest BCUT2D eigenvalue weighted by atomic mass is 9.83. The molecule has 0 fully saturated rings. The van der Waals surface area contributed by atoms with E-state index < -0.39 is 42.8 Å². The number of carbonyl (C=O) groups excluding carboxylic acids is 4. The fraction of sp³-hybridized carbons (Fsp3) is 0.333. The number of fused-ring (bicyclic) bond motifs is 3. The van der Waals surface area contributed by atoms with Crippen LogP contribution in [-0.4, -0.2) is 58.4 Å². The van der Waals surface area contributed by atoms with Crippen LogP contribution in [0.25, 0.3) is 0 Å². The van der Waals surface area contributed by atoms with Crippen LogP contribution in [0, 0.1) is 10.8 Å². The number of benzene rings is 4. The van der Waals surface area contributed by atoms with Crippen LogP contribution in [0.5, 0.6) is 0 Å². The highest BCUT2D eigenvalue weighted by molar-refractivity contribution is 7.20. The van der Waals surface area contributed by atoms with Gasteiger partial charge in [0.2, 0.25) is 0 Å². The highest BCUT2D eigenvalue weighted by Gasteiger charge is 2.60. The smallest absolute Gasteiger partial charge is 0.324 e. The summed E-state index contributed by atoms with van der Waals surface area (Å²) in [5.41, 5.74) is -0.0755. The van der Waals surface area contributed by atoms with E-state index in [4.69, 9.17) is 18.9 Å². The molecule has 0 saturated heterocycles. The molecule has 0 saturated carbocycles. The first-order chi connectivity index (χ1) is 24.7. The van der Waals surface area contributed by atoms with Gasteiger partial charge in [0.05, 0.1) is 26.4 Å². The van der Waals surface area contributed by atoms with Crippen molar-refractivity contribution in [1.82, 2.24) is 0 Å². The Morgan fingerprint density at radius 3 is 1.20 bits per heavy atom. The predicted molar refractivity (Wildman–Crippen MR) is 196 cm³/mol. The molecule has 2 aliphatic rings. The van der Waals surface area contributed by atoms with Gasteiger partial charge >= 0.3 is 23.9 Å². The maximum Gasteiger partial charge on any atom is 0.324 e. The van der Waals surface area contributed by atoms with E-state index in [0.717, 1.165) is 43.0 Å². The topological polar surface area (TPSA) is 105 Å². The van der Waals surface area contributed by atoms with Gasteiger partial charge in [-0.3, -0.25) is 19.2 Å². The van der Waals surface area contributed by atoms with Crippen molar-refractivity contribution >= 4 is 52.7 Å². The Morgan fingerprint density at radius 1 is 0.490 bits per heavy atom. The molecule has 9 heteroatoms. The molecule has 4 aromatic rings. The minimum absolute atomic E-state index is 0.0146. The van der Waals surface area contributed by atoms with Crippen molar-refractivity contribution in [1.29, 1.82) is 0 Å². The summed E-state index contributed by atoms with van der Waals surface area (Å²) in [7, 11) is -3.24. The van der Waals surface area contributed by atoms with Crippen LogP contribution >= 0.6 is 0 Å². The summed E-state index contributed by atoms with van der Waals surface area (Å²) in [4.78, 5) is 55.9. The van der Waals surface area contributed by atoms with E-state index in [1.807, 2.05) is 54.6 Å². The second-order valence-corrected chi connectivity index (χ2v) is 16.9. The first kappa shape index (κ1) is 35.8. The zero-order valence-electron chi connectivity index (χ0n) is 29.7. The van der Waals surface area contributed by atoms with Crippen molar-refractivity contribution in [2.75, 3.05) is 26.4 Å². The summed E-state index contributed by atoms with van der Waals surface area (Å²) < 4.78 is 22.4. The summed E-state index contributed by atoms with van der Waals surface area (Å²) in [5.74, 6) is -2.59. The molecule has 0 radical (unpaired) electrons. The number of hydrogen-bond acceptors (Lipinski definition) is 8. The Kier molecular flexibility index (Phi) is 10.3. The standard InChI is InChI=1S/C42H44O8Si/c1-5-47-37(43)41(38(44)48-6-2)25-29-24-36(35-28-42(39(45)49-7-3,40(46)50-8-4)27-34(35)33(29)26-41)51(30-18-12-9-13-19-30,31-20-14-10-15-21-31)32-22-16-11-17-23-32/h9-24H,5-8,25-28H2,1-4H3. The molecule has 6 rings (SSSR count). The lowest BCUT2D eigenvalue weighted by Crippen LogP contribution is -2.75. The number of esters is 4. The average molecular weight is 705 g/mol. The highest BCUT2D eigenvalue weighted by Crippen LogP contribution is 2.48. The number of carbonyl (C=O) groups is 4. The van der Waals surface area contributed by atoms with Gasteiger partial charge in [0.25, 0.3) is 0 Å². The molecule has 0 heterocycles. The minimum atomic E-state index is -3.24. The lowest BCUT2D eigenvalue weighted by molar-refractivity contribution is -0.173. The first-order valence-corrected chi connectivity index (χ1v) is 19.8. The van der Waals surface area contributed by atoms with Crippen molar-refractivity contribution in [2.45, 2.75) is 53.4 Å². The molecule has 264 valence electrons. The van der Waals surface area contributed by atoms with Crippen molar-refractivity contribution in [2.24, 2.45) is 10.8 Å². The molecule has 0 aliphatic heterocycles. The molecule has 0 amide bonds. The molecule has 0 N–H and O–H groups in total. The molecular formula is C42H44O8Si. The Hall–Kier alpha value is -5.02. The van der Waals surface area contributed by atoms with Crippen LogP contribution in [0.3, 0.4) is 0 Å². The molecule has 8 nitrogen and oxygen atoms in total. The Morgan fingerprint density at radius 2 is 0.824 bits per heavy atom. The van der Waals surface area contributed by atoms with E-state index in [9.17, 15) is 19.2 Å². The zero-order valence-corrected chi connectivity index (χ0v) is 30.7. The quantitative estimate of drug-likeness (QED) is 0.0727. The van der Waals surface area contributed by atoms with Gasteiger partial charge in [-0.1, -0.05) is 97.1 Å². The summed E-state index contributed by atoms with van der Waals surface area (Å²) in [6.07, 6.45) is 0.159. The summed E-state index contributed by atoms with van der Waals surface area (Å²) in [6, 6.07) is 33.2. The molecule has 0 aromatic heterocycles. The van der Waals surface area contributed by atoms with Gasteiger partial charge in [-0.25, -0.2) is 0 Å². The maximum absolute atomic E-state index is 14.1. The van der Waals surface area contributed by atoms with Crippen LogP contribution in [0.4, 0.5) is 0 Å². The van der Waals surface area contributed by atoms with E-state index in [2.05, 4.69) is 42.5 Å². The molecule has 51 heavy (non-hydrogen) atoms. The third-order valence-corrected chi connectivity index (χ3v) is 15.2. The Bertz CT molecular complexity index is 1790. The second-order valence-electron chi connectivity index (χ2n) is 13.1. The molecule has 0 bridgehead atoms. The van der Waals surface area contributed by atoms with Gasteiger partial charge in [0.15, 0.2) is 18.9 Å². The van der Waals surface area contributed by atoms with E-state index in [1.54, 1.807) is 27.7 Å². The fourth-order valence-corrected chi connectivity index (χ4v) is 13.3. The number of hydrogen-bond donors (Lipinski definition) is 0. The second kappa shape index (κ2) is 14.7. The minimum Gasteiger partial charge on any atom is -0.465 e. The van der Waals surface area contributed by atoms with Gasteiger partial charge in [-0.05, 0) is 83.5 Å². The van der Waals surface area contributed by atoms with Gasteiger partial charge in [0.1, 0.15) is 0 Å². The van der Waals surface area contributed by atoms with E-state index >= 15 is 0 Å². The third-order valence-electron chi connectivity index (χ3n) is 10.4. The normalized spacial score (nSPS) is 15.3. The highest BCUT2D eigenvalue weighted by atomic mass is 28.3. The predicted octanol–water partition coefficient (Wildman–Crippen LogP) is 3.49. The van der Waals surface area contributed by atoms with Crippen molar-refractivity contribution in [3.05, 3.63) is 119 Å². The fourth-order valence-electron chi connectivity index (χ4n) is 8.22. The van der Waals surface area contributed by atoms with Gasteiger partial charge in [-0.15, -0.1) is 0 Å². The SMILES string of the molecule is CCOC(=O)C1(C(=O)OCC)Cc2cc([Si](c3ccccc3)(c3ccccc3)c3ccccc3)c3c(c2C1)CC(C(=O)OCC)(C(=O)OCC)C3. The lowest BCUT2D eigenvalue weighted by Gasteiger charge is -2.36. The Labute approximate surface area is 300 Å². The maximum atomic E-state index is 14.1. The van der Waals surface area contributed by atoms with E-state index in [-0.39, 0.29) is 52.1 Å². The van der Waals surface area contributed by atoms with Gasteiger partial charge in [-0.2, -0.15) is 0 Å². The number of ether oxygens (including phenoxy) is 4. The summed E-state index contributed by atoms with van der Waals surface area (Å²) >= 11 is 0. The molecule has 0 spiro atoms. The van der Waals surface area contributed by atoms with E-state index in [1.165, 1.54) is 0 Å². The largest absolute Gasteiger partial charge is 0.465 e. The van der Waals surface area contributed by atoms with Crippen molar-refractivity contribution in [3.63, 3.8) is 0 Å². The van der Waals surface area contributed by atoms with Crippen LogP contribution in [0.2, 0.25) is 0 Å². The molecule has 0 unspecified atom stereocenters. The van der Waals surface area contributed by atoms with Gasteiger partial charge in [0, 0.05) is 12.8 Å². The Balaban J connectivity index is 1.74. The zero-order chi connectivity index (χ0) is 36.2. The van der Waals surface area contributed by atoms with Crippen LogP contribution in [0.15, 0.2) is 97.1 Å². The van der Waals surface area contributed by atoms with Gasteiger partial charge < -0.3 is 18.9 Å². The first-order valence-electron chi connectivity index (χ1n) is 17.8. The summed E-state index contributed by atoms with van der Waals surface area (Å²) in [6.45, 7) is 7.23. The van der Waals surface area contributed by atoms with E-state index in [0.29, 0.717) is 0 Å². The van der Waals surface area contributed by atoms with Crippen LogP contribution in [0.1, 0.15) is 49.9 Å². The molecule has 2 aliphatic carbocycles. The monoisotopic (exact) mass is 704 g/mol. The number of rotatable bonds is 12. The molecule has 0 atom stereocenters. The van der Waals surface area contributed by atoms with Crippen molar-refractivity contribution < 1.29 is 38.1 Å². The van der Waals surface area contributed by atoms with Crippen LogP contribution < -0.4 is 20.7 Å². The molecular weight excluding hydrogens is 661 g/mol. The van der Waals surface area contributed by atoms with Crippen molar-refractivity contribution in [3.8, 4) is 0 Å². The average Bonchev–Trinajstić information content (AvgIpc) is 3.76. The third kappa shape index (κ3) is 5.87.